The van der Waals surface area contributed by atoms with Crippen LogP contribution in [0.1, 0.15) is 15.9 Å². The molecular weight excluding hydrogens is 360 g/mol. The van der Waals surface area contributed by atoms with E-state index in [-0.39, 0.29) is 17.5 Å². The van der Waals surface area contributed by atoms with Crippen LogP contribution in [0.25, 0.3) is 0 Å². The maximum absolute atomic E-state index is 12.6. The molecule has 0 aliphatic carbocycles. The largest absolute Gasteiger partial charge is 0.496 e. The van der Waals surface area contributed by atoms with Gasteiger partial charge in [0.05, 0.1) is 26.0 Å². The van der Waals surface area contributed by atoms with Gasteiger partial charge in [0.2, 0.25) is 0 Å². The standard InChI is InChI=1S/C20H20N4O4/c1-26-17-10-14(28-12-13-6-4-3-5-7-13)8-9-15(17)19(25)23-16-11-22-20(27-2)24-18(16)21/h3-11H,12H2,1-2H3,(H,23,25)(H2,21,22,24). The van der Waals surface area contributed by atoms with Gasteiger partial charge in [0.1, 0.15) is 23.8 Å². The van der Waals surface area contributed by atoms with Gasteiger partial charge >= 0.3 is 6.01 Å². The minimum atomic E-state index is -0.410. The highest BCUT2D eigenvalue weighted by Gasteiger charge is 2.16. The van der Waals surface area contributed by atoms with Gasteiger partial charge in [-0.3, -0.25) is 4.79 Å². The number of carbonyl (C=O) groups excluding carboxylic acids is 1. The van der Waals surface area contributed by atoms with Crippen molar-refractivity contribution < 1.29 is 19.0 Å². The Balaban J connectivity index is 1.73. The first kappa shape index (κ1) is 19.0. The molecule has 0 atom stereocenters. The lowest BCUT2D eigenvalue weighted by Gasteiger charge is -2.13. The number of nitrogens with two attached hydrogens (primary N) is 1. The minimum Gasteiger partial charge on any atom is -0.496 e. The Bertz CT molecular complexity index is 964. The van der Waals surface area contributed by atoms with E-state index in [9.17, 15) is 4.79 Å². The van der Waals surface area contributed by atoms with Crippen molar-refractivity contribution in [1.29, 1.82) is 0 Å². The molecule has 0 spiro atoms. The number of nitrogen functional groups attached to an aromatic ring is 1. The molecule has 1 heterocycles. The van der Waals surface area contributed by atoms with E-state index >= 15 is 0 Å². The molecule has 2 aromatic carbocycles. The molecular formula is C20H20N4O4. The first-order valence-electron chi connectivity index (χ1n) is 8.43. The molecule has 0 saturated carbocycles. The van der Waals surface area contributed by atoms with Crippen molar-refractivity contribution in [3.05, 3.63) is 65.9 Å². The number of carbonyl (C=O) groups is 1. The molecule has 8 heteroatoms. The molecule has 0 bridgehead atoms. The van der Waals surface area contributed by atoms with Crippen LogP contribution in [0, 0.1) is 0 Å². The summed E-state index contributed by atoms with van der Waals surface area (Å²) in [6.07, 6.45) is 1.38. The average molecular weight is 380 g/mol. The fourth-order valence-corrected chi connectivity index (χ4v) is 2.45. The Morgan fingerprint density at radius 1 is 1.11 bits per heavy atom. The first-order valence-corrected chi connectivity index (χ1v) is 8.43. The second-order valence-corrected chi connectivity index (χ2v) is 5.75. The lowest BCUT2D eigenvalue weighted by atomic mass is 10.1. The molecule has 144 valence electrons. The van der Waals surface area contributed by atoms with Crippen LogP contribution in [0.4, 0.5) is 11.5 Å². The molecule has 1 amide bonds. The van der Waals surface area contributed by atoms with E-state index in [1.807, 2.05) is 30.3 Å². The first-order chi connectivity index (χ1) is 13.6. The van der Waals surface area contributed by atoms with Gasteiger partial charge in [-0.15, -0.1) is 0 Å². The fraction of sp³-hybridized carbons (Fsp3) is 0.150. The van der Waals surface area contributed by atoms with Crippen LogP contribution in [0.2, 0.25) is 0 Å². The summed E-state index contributed by atoms with van der Waals surface area (Å²) >= 11 is 0. The number of methoxy groups -OCH3 is 2. The van der Waals surface area contributed by atoms with Crippen molar-refractivity contribution in [1.82, 2.24) is 9.97 Å². The number of nitrogens with zero attached hydrogens (tertiary/aromatic N) is 2. The summed E-state index contributed by atoms with van der Waals surface area (Å²) in [5, 5.41) is 2.66. The summed E-state index contributed by atoms with van der Waals surface area (Å²) in [6, 6.07) is 14.9. The molecule has 0 radical (unpaired) electrons. The van der Waals surface area contributed by atoms with E-state index in [0.29, 0.717) is 23.7 Å². The van der Waals surface area contributed by atoms with Crippen molar-refractivity contribution in [2.75, 3.05) is 25.3 Å². The molecule has 0 fully saturated rings. The number of aromatic nitrogens is 2. The predicted molar refractivity (Wildman–Crippen MR) is 105 cm³/mol. The number of ether oxygens (including phenoxy) is 3. The van der Waals surface area contributed by atoms with Gasteiger partial charge in [0.15, 0.2) is 5.82 Å². The highest BCUT2D eigenvalue weighted by atomic mass is 16.5. The van der Waals surface area contributed by atoms with E-state index in [2.05, 4.69) is 15.3 Å². The van der Waals surface area contributed by atoms with E-state index in [0.717, 1.165) is 5.56 Å². The van der Waals surface area contributed by atoms with Crippen LogP contribution in [0.3, 0.4) is 0 Å². The number of rotatable bonds is 7. The summed E-state index contributed by atoms with van der Waals surface area (Å²) in [5.41, 5.74) is 7.45. The van der Waals surface area contributed by atoms with Gasteiger partial charge in [-0.1, -0.05) is 30.3 Å². The van der Waals surface area contributed by atoms with Crippen LogP contribution in [-0.4, -0.2) is 30.1 Å². The maximum atomic E-state index is 12.6. The molecule has 28 heavy (non-hydrogen) atoms. The molecule has 0 aliphatic rings. The molecule has 8 nitrogen and oxygen atoms in total. The molecule has 3 N–H and O–H groups in total. The van der Waals surface area contributed by atoms with Gasteiger partial charge < -0.3 is 25.3 Å². The number of hydrogen-bond acceptors (Lipinski definition) is 7. The third kappa shape index (κ3) is 4.47. The van der Waals surface area contributed by atoms with Gasteiger partial charge in [-0.05, 0) is 17.7 Å². The maximum Gasteiger partial charge on any atom is 0.318 e. The number of hydrogen-bond donors (Lipinski definition) is 2. The zero-order valence-corrected chi connectivity index (χ0v) is 15.5. The SMILES string of the molecule is COc1ncc(NC(=O)c2ccc(OCc3ccccc3)cc2OC)c(N)n1. The van der Waals surface area contributed by atoms with E-state index < -0.39 is 5.91 Å². The molecule has 3 aromatic rings. The Morgan fingerprint density at radius 2 is 1.89 bits per heavy atom. The van der Waals surface area contributed by atoms with Crippen LogP contribution >= 0.6 is 0 Å². The normalized spacial score (nSPS) is 10.2. The van der Waals surface area contributed by atoms with Crippen molar-refractivity contribution in [2.24, 2.45) is 0 Å². The smallest absolute Gasteiger partial charge is 0.318 e. The number of amides is 1. The third-order valence-corrected chi connectivity index (χ3v) is 3.89. The average Bonchev–Trinajstić information content (AvgIpc) is 2.74. The molecule has 0 saturated heterocycles. The number of benzene rings is 2. The van der Waals surface area contributed by atoms with Crippen molar-refractivity contribution in [2.45, 2.75) is 6.61 Å². The number of anilines is 2. The van der Waals surface area contributed by atoms with Crippen molar-refractivity contribution >= 4 is 17.4 Å². The van der Waals surface area contributed by atoms with Crippen molar-refractivity contribution in [3.63, 3.8) is 0 Å². The zero-order valence-electron chi connectivity index (χ0n) is 15.5. The van der Waals surface area contributed by atoms with Gasteiger partial charge in [-0.25, -0.2) is 4.98 Å². The Morgan fingerprint density at radius 3 is 2.57 bits per heavy atom. The Kier molecular flexibility index (Phi) is 5.91. The van der Waals surface area contributed by atoms with E-state index in [1.165, 1.54) is 20.4 Å². The summed E-state index contributed by atoms with van der Waals surface area (Å²) in [4.78, 5) is 20.5. The molecule has 3 rings (SSSR count). The zero-order chi connectivity index (χ0) is 19.9. The summed E-state index contributed by atoms with van der Waals surface area (Å²) < 4.78 is 16.0. The third-order valence-electron chi connectivity index (χ3n) is 3.89. The molecule has 1 aromatic heterocycles. The summed E-state index contributed by atoms with van der Waals surface area (Å²) in [5.74, 6) is 0.648. The van der Waals surface area contributed by atoms with E-state index in [4.69, 9.17) is 19.9 Å². The van der Waals surface area contributed by atoms with Crippen LogP contribution in [0.5, 0.6) is 17.5 Å². The lowest BCUT2D eigenvalue weighted by Crippen LogP contribution is -2.15. The number of nitrogens with one attached hydrogen (secondary N) is 1. The van der Waals surface area contributed by atoms with Gasteiger partial charge in [0, 0.05) is 6.07 Å². The van der Waals surface area contributed by atoms with E-state index in [1.54, 1.807) is 18.2 Å². The Hall–Kier alpha value is -3.81. The predicted octanol–water partition coefficient (Wildman–Crippen LogP) is 2.91. The fourth-order valence-electron chi connectivity index (χ4n) is 2.45. The van der Waals surface area contributed by atoms with Crippen LogP contribution in [-0.2, 0) is 6.61 Å². The second kappa shape index (κ2) is 8.72. The molecule has 0 aliphatic heterocycles. The van der Waals surface area contributed by atoms with Gasteiger partial charge in [0.25, 0.3) is 5.91 Å². The topological polar surface area (TPSA) is 109 Å². The summed E-state index contributed by atoms with van der Waals surface area (Å²) in [6.45, 7) is 0.412. The lowest BCUT2D eigenvalue weighted by molar-refractivity contribution is 0.102. The van der Waals surface area contributed by atoms with Gasteiger partial charge in [-0.2, -0.15) is 4.98 Å². The van der Waals surface area contributed by atoms with Crippen LogP contribution < -0.4 is 25.3 Å². The summed E-state index contributed by atoms with van der Waals surface area (Å²) in [7, 11) is 2.91. The van der Waals surface area contributed by atoms with Crippen molar-refractivity contribution in [3.8, 4) is 17.5 Å². The second-order valence-electron chi connectivity index (χ2n) is 5.75. The minimum absolute atomic E-state index is 0.0991. The molecule has 0 unspecified atom stereocenters. The highest BCUT2D eigenvalue weighted by Crippen LogP contribution is 2.27. The monoisotopic (exact) mass is 380 g/mol. The van der Waals surface area contributed by atoms with Crippen LogP contribution in [0.15, 0.2) is 54.7 Å². The highest BCUT2D eigenvalue weighted by molar-refractivity contribution is 6.07. The Labute approximate surface area is 162 Å². The quantitative estimate of drug-likeness (QED) is 0.649.